The number of anilines is 8. The molecule has 0 saturated carbocycles. The quantitative estimate of drug-likeness (QED) is 0.0563. The van der Waals surface area contributed by atoms with Gasteiger partial charge in [0.1, 0.15) is 6.07 Å². The first-order valence-corrected chi connectivity index (χ1v) is 30.8. The van der Waals surface area contributed by atoms with Crippen molar-refractivity contribution in [2.75, 3.05) is 21.3 Å². The monoisotopic (exact) mass is 1390 g/mol. The minimum Gasteiger partial charge on any atom is -0.320 e. The normalized spacial score (nSPS) is 10.9. The summed E-state index contributed by atoms with van der Waals surface area (Å²) in [5, 5.41) is 95.9. The van der Waals surface area contributed by atoms with E-state index in [1.165, 1.54) is 24.4 Å². The minimum absolute atomic E-state index is 0.0525. The van der Waals surface area contributed by atoms with E-state index in [-0.39, 0.29) is 28.7 Å². The largest absolute Gasteiger partial charge is 0.417 e. The fraction of sp³-hybridized carbons (Fsp3) is 0.0294. The number of nitriles is 2. The molecule has 0 fully saturated rings. The first-order chi connectivity index (χ1) is 48.7. The number of nitrogens with zero attached hydrogens (tertiary/aromatic N) is 18. The molecule has 8 aromatic heterocycles. The number of para-hydroxylation sites is 4. The fourth-order valence-corrected chi connectivity index (χ4v) is 10.7. The van der Waals surface area contributed by atoms with Crippen LogP contribution in [-0.2, 0) is 6.18 Å². The molecule has 0 atom stereocenters. The smallest absolute Gasteiger partial charge is 0.320 e. The summed E-state index contributed by atoms with van der Waals surface area (Å²) < 4.78 is 39.7. The van der Waals surface area contributed by atoms with Gasteiger partial charge in [0.2, 0.25) is 23.5 Å². The molecule has 488 valence electrons. The van der Waals surface area contributed by atoms with E-state index in [0.717, 1.165) is 66.4 Å². The number of benzene rings is 8. The third-order valence-electron chi connectivity index (χ3n) is 14.7. The summed E-state index contributed by atoms with van der Waals surface area (Å²) in [6, 6.07) is 58.0. The number of fused-ring (bicyclic) bond motifs is 4. The Bertz CT molecular complexity index is 5730. The molecule has 8 heterocycles. The predicted molar refractivity (Wildman–Crippen MR) is 373 cm³/mol. The van der Waals surface area contributed by atoms with Crippen LogP contribution in [0.1, 0.15) is 22.4 Å². The van der Waals surface area contributed by atoms with Gasteiger partial charge in [0.05, 0.1) is 85.0 Å². The molecule has 0 bridgehead atoms. The topological polar surface area (TPSA) is 365 Å². The Labute approximate surface area is 577 Å². The highest BCUT2D eigenvalue weighted by Crippen LogP contribution is 2.37. The van der Waals surface area contributed by atoms with E-state index < -0.39 is 11.7 Å². The zero-order valence-corrected chi connectivity index (χ0v) is 53.6. The second kappa shape index (κ2) is 29.3. The van der Waals surface area contributed by atoms with Crippen molar-refractivity contribution in [3.8, 4) is 57.3 Å². The third-order valence-corrected chi connectivity index (χ3v) is 15.6. The van der Waals surface area contributed by atoms with Crippen LogP contribution in [0.3, 0.4) is 0 Å². The number of aromatic amines is 4. The van der Waals surface area contributed by atoms with Crippen molar-refractivity contribution in [1.82, 2.24) is 102 Å². The molecule has 0 aliphatic heterocycles. The Kier molecular flexibility index (Phi) is 19.1. The summed E-state index contributed by atoms with van der Waals surface area (Å²) >= 11 is 18.4. The van der Waals surface area contributed by atoms with Crippen molar-refractivity contribution in [2.24, 2.45) is 0 Å². The SMILES string of the molecule is Cc1ccc(-c2cnnc(Nc3n[nH]c4ccccc34)n2)c(C#N)c1.Clc1ccc(-c2cnnc(Nc3n[nH]c4ccccc34)n2)c(Cl)c1.FC(F)(F)c1ccccc1-c1cnnc(Nc2n[nH]c3ccccc23)n1.N#Cc1nnc(-c2ccccc2Cl)nc1Nc1n[nH]c2ccccc12. The van der Waals surface area contributed by atoms with Crippen LogP contribution in [0, 0.1) is 29.6 Å². The number of alkyl halides is 3. The van der Waals surface area contributed by atoms with Crippen LogP contribution in [0.2, 0.25) is 15.1 Å². The summed E-state index contributed by atoms with van der Waals surface area (Å²) in [7, 11) is 0. The fourth-order valence-electron chi connectivity index (χ4n) is 9.99. The number of hydrogen-bond acceptors (Lipinski definition) is 22. The number of nitrogens with one attached hydrogen (secondary N) is 8. The zero-order valence-electron chi connectivity index (χ0n) is 51.4. The molecule has 100 heavy (non-hydrogen) atoms. The molecule has 16 rings (SSSR count). The minimum atomic E-state index is -4.49. The van der Waals surface area contributed by atoms with E-state index in [1.807, 2.05) is 140 Å². The van der Waals surface area contributed by atoms with E-state index >= 15 is 0 Å². The molecule has 0 amide bonds. The number of hydrogen-bond donors (Lipinski definition) is 8. The Morgan fingerprint density at radius 3 is 1.30 bits per heavy atom. The molecule has 16 aromatic rings. The molecule has 0 unspecified atom stereocenters. The van der Waals surface area contributed by atoms with Gasteiger partial charge in [-0.05, 0) is 103 Å². The molecule has 0 saturated heterocycles. The molecule has 0 aliphatic carbocycles. The average Bonchev–Trinajstić information content (AvgIpc) is 1.36. The summed E-state index contributed by atoms with van der Waals surface area (Å²) in [6.07, 6.45) is -0.214. The highest BCUT2D eigenvalue weighted by molar-refractivity contribution is 6.36. The lowest BCUT2D eigenvalue weighted by molar-refractivity contribution is -0.137. The standard InChI is InChI=1S/C18H13N7.C17H10ClN7.C17H11F3N6.C16H10Cl2N6/c1-11-6-7-13(12(8-11)9-19)16-10-20-25-18(21-16)22-17-14-4-2-3-5-15(14)23-24-17;18-12-7-3-1-5-10(12)15-20-17(14(9-19)23-24-15)21-16-11-6-2-4-8-13(11)22-25-16;18-17(19,20)12-7-3-1-5-10(12)14-9-21-26-16(22-14)23-15-11-6-2-4-8-13(11)24-25-15;17-9-5-6-10(12(18)7-9)14-8-19-24-16(20-14)21-15-11-3-1-2-4-13(11)22-23-15/h2-8,10H,1H3,(H2,21,22,23,24,25);1-8H,(H2,20,21,22,24,25);1-9H,(H2,22,23,24,25,26);1-8H,(H2,20,21,22,23,24). The number of H-pyrrole nitrogens is 4. The molecule has 26 nitrogen and oxygen atoms in total. The van der Waals surface area contributed by atoms with Gasteiger partial charge in [-0.2, -0.15) is 59.4 Å². The van der Waals surface area contributed by atoms with Crippen molar-refractivity contribution >= 4 is 125 Å². The van der Waals surface area contributed by atoms with Gasteiger partial charge < -0.3 is 21.3 Å². The summed E-state index contributed by atoms with van der Waals surface area (Å²) in [6.45, 7) is 1.94. The van der Waals surface area contributed by atoms with Crippen molar-refractivity contribution in [1.29, 1.82) is 10.5 Å². The van der Waals surface area contributed by atoms with Crippen LogP contribution < -0.4 is 21.3 Å². The second-order valence-corrected chi connectivity index (χ2v) is 22.5. The van der Waals surface area contributed by atoms with Crippen molar-refractivity contribution in [3.63, 3.8) is 0 Å². The van der Waals surface area contributed by atoms with Crippen LogP contribution in [0.25, 0.3) is 88.8 Å². The van der Waals surface area contributed by atoms with Crippen LogP contribution in [0.15, 0.2) is 201 Å². The van der Waals surface area contributed by atoms with E-state index in [1.54, 1.807) is 42.7 Å². The van der Waals surface area contributed by atoms with E-state index in [9.17, 15) is 23.7 Å². The Balaban J connectivity index is 0.000000120. The molecule has 32 heteroatoms. The van der Waals surface area contributed by atoms with Gasteiger partial charge in [0.25, 0.3) is 0 Å². The van der Waals surface area contributed by atoms with Gasteiger partial charge in [0.15, 0.2) is 34.9 Å². The lowest BCUT2D eigenvalue weighted by Gasteiger charge is -2.12. The van der Waals surface area contributed by atoms with Crippen LogP contribution >= 0.6 is 34.8 Å². The zero-order chi connectivity index (χ0) is 69.1. The molecular weight excluding hydrogens is 1340 g/mol. The van der Waals surface area contributed by atoms with Crippen LogP contribution in [0.4, 0.5) is 60.1 Å². The van der Waals surface area contributed by atoms with E-state index in [4.69, 9.17) is 34.8 Å². The molecule has 0 aliphatic rings. The Hall–Kier alpha value is -13.5. The number of aryl methyl sites for hydroxylation is 1. The van der Waals surface area contributed by atoms with Gasteiger partial charge in [-0.25, -0.2) is 19.9 Å². The Morgan fingerprint density at radius 1 is 0.400 bits per heavy atom. The summed E-state index contributed by atoms with van der Waals surface area (Å²) in [4.78, 5) is 17.5. The molecule has 0 spiro atoms. The van der Waals surface area contributed by atoms with Crippen molar-refractivity contribution in [2.45, 2.75) is 13.1 Å². The number of aromatic nitrogens is 20. The molecular formula is C68H44Cl3F3N26. The highest BCUT2D eigenvalue weighted by Gasteiger charge is 2.34. The lowest BCUT2D eigenvalue weighted by atomic mass is 10.0. The van der Waals surface area contributed by atoms with E-state index in [2.05, 4.69) is 129 Å². The van der Waals surface area contributed by atoms with Gasteiger partial charge >= 0.3 is 6.18 Å². The number of rotatable bonds is 12. The van der Waals surface area contributed by atoms with Crippen LogP contribution in [0.5, 0.6) is 0 Å². The van der Waals surface area contributed by atoms with Crippen LogP contribution in [-0.4, -0.2) is 102 Å². The van der Waals surface area contributed by atoms with Gasteiger partial charge in [-0.1, -0.05) is 126 Å². The molecule has 0 radical (unpaired) electrons. The highest BCUT2D eigenvalue weighted by atomic mass is 35.5. The maximum Gasteiger partial charge on any atom is 0.417 e. The van der Waals surface area contributed by atoms with E-state index in [0.29, 0.717) is 78.6 Å². The predicted octanol–water partition coefficient (Wildman–Crippen LogP) is 15.7. The third kappa shape index (κ3) is 14.8. The van der Waals surface area contributed by atoms with Crippen molar-refractivity contribution < 1.29 is 13.2 Å². The maximum absolute atomic E-state index is 13.2. The summed E-state index contributed by atoms with van der Waals surface area (Å²) in [5.41, 5.74) is 7.63. The average molecular weight is 1390 g/mol. The lowest BCUT2D eigenvalue weighted by Crippen LogP contribution is -2.08. The first-order valence-electron chi connectivity index (χ1n) is 29.7. The first kappa shape index (κ1) is 65.2. The maximum atomic E-state index is 13.2. The Morgan fingerprint density at radius 2 is 0.830 bits per heavy atom. The van der Waals surface area contributed by atoms with Gasteiger partial charge in [0, 0.05) is 48.8 Å². The second-order valence-electron chi connectivity index (χ2n) is 21.2. The molecule has 8 N–H and O–H groups in total. The molecule has 8 aromatic carbocycles. The number of halogens is 6. The van der Waals surface area contributed by atoms with Crippen molar-refractivity contribution in [3.05, 3.63) is 238 Å². The van der Waals surface area contributed by atoms with Gasteiger partial charge in [-0.15, -0.1) is 25.5 Å². The van der Waals surface area contributed by atoms with Gasteiger partial charge in [-0.3, -0.25) is 20.4 Å². The summed E-state index contributed by atoms with van der Waals surface area (Å²) in [5.74, 6) is 3.57.